The fraction of sp³-hybridized carbons (Fsp3) is 0.600. The largest absolute Gasteiger partial charge is 0.481 e. The molecular formula is C5H7F2NO6S. The number of rotatable bonds is 6. The Morgan fingerprint density at radius 2 is 1.73 bits per heavy atom. The van der Waals surface area contributed by atoms with Gasteiger partial charge in [-0.1, -0.05) is 0 Å². The van der Waals surface area contributed by atoms with Crippen LogP contribution in [0.15, 0.2) is 0 Å². The van der Waals surface area contributed by atoms with Crippen molar-refractivity contribution in [1.29, 1.82) is 0 Å². The summed E-state index contributed by atoms with van der Waals surface area (Å²) in [6.07, 6.45) is -1.12. The van der Waals surface area contributed by atoms with Gasteiger partial charge in [-0.25, -0.2) is 8.42 Å². The Kier molecular flexibility index (Phi) is 4.55. The zero-order chi connectivity index (χ0) is 12.2. The van der Waals surface area contributed by atoms with E-state index < -0.39 is 40.2 Å². The van der Waals surface area contributed by atoms with Gasteiger partial charge in [0.15, 0.2) is 0 Å². The van der Waals surface area contributed by atoms with E-state index in [1.165, 1.54) is 0 Å². The van der Waals surface area contributed by atoms with Gasteiger partial charge in [0.1, 0.15) is 6.04 Å². The molecule has 10 heteroatoms. The Hall–Kier alpha value is -1.29. The molecule has 0 aromatic rings. The molecule has 0 rings (SSSR count). The summed E-state index contributed by atoms with van der Waals surface area (Å²) < 4.78 is 45.6. The fourth-order valence-electron chi connectivity index (χ4n) is 0.604. The van der Waals surface area contributed by atoms with E-state index in [-0.39, 0.29) is 0 Å². The second kappa shape index (κ2) is 4.98. The monoisotopic (exact) mass is 247 g/mol. The van der Waals surface area contributed by atoms with Crippen LogP contribution in [0.4, 0.5) is 8.78 Å². The highest BCUT2D eigenvalue weighted by atomic mass is 32.2. The highest BCUT2D eigenvalue weighted by molar-refractivity contribution is 7.89. The summed E-state index contributed by atoms with van der Waals surface area (Å²) in [6, 6.07) is -2.11. The maximum atomic E-state index is 11.8. The number of carboxylic acid groups (broad SMARTS) is 2. The molecule has 0 aliphatic carbocycles. The topological polar surface area (TPSA) is 121 Å². The summed E-state index contributed by atoms with van der Waals surface area (Å²) in [7, 11) is -5.12. The maximum absolute atomic E-state index is 11.8. The van der Waals surface area contributed by atoms with Crippen molar-refractivity contribution in [3.05, 3.63) is 0 Å². The number of nitrogens with one attached hydrogen (secondary N) is 1. The molecular weight excluding hydrogens is 240 g/mol. The van der Waals surface area contributed by atoms with E-state index in [1.807, 2.05) is 0 Å². The predicted molar refractivity (Wildman–Crippen MR) is 41.7 cm³/mol. The lowest BCUT2D eigenvalue weighted by atomic mass is 10.2. The summed E-state index contributed by atoms with van der Waals surface area (Å²) in [5.41, 5.74) is 0. The van der Waals surface area contributed by atoms with Gasteiger partial charge in [-0.3, -0.25) is 9.59 Å². The summed E-state index contributed by atoms with van der Waals surface area (Å²) in [4.78, 5) is 20.4. The first kappa shape index (κ1) is 13.7. The van der Waals surface area contributed by atoms with E-state index in [1.54, 1.807) is 0 Å². The summed E-state index contributed by atoms with van der Waals surface area (Å²) in [6.45, 7) is 0. The third kappa shape index (κ3) is 4.65. The molecule has 0 aromatic carbocycles. The van der Waals surface area contributed by atoms with Crippen LogP contribution in [0.2, 0.25) is 0 Å². The van der Waals surface area contributed by atoms with E-state index in [0.29, 0.717) is 0 Å². The fourth-order valence-corrected chi connectivity index (χ4v) is 1.29. The second-order valence-electron chi connectivity index (χ2n) is 2.41. The van der Waals surface area contributed by atoms with Gasteiger partial charge in [0.05, 0.1) is 6.42 Å². The van der Waals surface area contributed by atoms with Crippen LogP contribution in [-0.4, -0.2) is 42.4 Å². The molecule has 3 N–H and O–H groups in total. The molecule has 0 amide bonds. The summed E-state index contributed by atoms with van der Waals surface area (Å²) in [5.74, 6) is -7.28. The van der Waals surface area contributed by atoms with Crippen molar-refractivity contribution in [1.82, 2.24) is 4.72 Å². The van der Waals surface area contributed by atoms with E-state index in [4.69, 9.17) is 10.2 Å². The standard InChI is InChI=1S/C5H7F2NO6S/c6-5(7)15(13,14)8-2(4(11)12)1-3(9)10/h2,5,8H,1H2,(H,9,10)(H,11,12)/t2-/m0/s1. The molecule has 0 unspecified atom stereocenters. The number of sulfonamides is 1. The molecule has 0 saturated heterocycles. The molecule has 0 spiro atoms. The van der Waals surface area contributed by atoms with Crippen LogP contribution < -0.4 is 4.72 Å². The molecule has 0 fully saturated rings. The molecule has 0 radical (unpaired) electrons. The molecule has 7 nitrogen and oxygen atoms in total. The average molecular weight is 247 g/mol. The van der Waals surface area contributed by atoms with Crippen molar-refractivity contribution < 1.29 is 37.0 Å². The third-order valence-electron chi connectivity index (χ3n) is 1.22. The van der Waals surface area contributed by atoms with Crippen LogP contribution in [0, 0.1) is 0 Å². The van der Waals surface area contributed by atoms with Gasteiger partial charge in [-0.05, 0) is 0 Å². The van der Waals surface area contributed by atoms with Gasteiger partial charge in [-0.2, -0.15) is 13.5 Å². The van der Waals surface area contributed by atoms with Crippen molar-refractivity contribution in [2.45, 2.75) is 18.2 Å². The van der Waals surface area contributed by atoms with Crippen LogP contribution in [0.3, 0.4) is 0 Å². The van der Waals surface area contributed by atoms with Gasteiger partial charge in [0, 0.05) is 0 Å². The number of alkyl halides is 2. The minimum absolute atomic E-state index is 1.07. The van der Waals surface area contributed by atoms with Gasteiger partial charge in [0.25, 0.3) is 10.0 Å². The molecule has 1 atom stereocenters. The Balaban J connectivity index is 4.70. The van der Waals surface area contributed by atoms with Crippen molar-refractivity contribution in [3.63, 3.8) is 0 Å². The summed E-state index contributed by atoms with van der Waals surface area (Å²) >= 11 is 0. The van der Waals surface area contributed by atoms with Gasteiger partial charge < -0.3 is 10.2 Å². The number of hydrogen-bond acceptors (Lipinski definition) is 4. The average Bonchev–Trinajstić information content (AvgIpc) is 2.01. The zero-order valence-corrected chi connectivity index (χ0v) is 7.87. The first-order chi connectivity index (χ1) is 6.66. The van der Waals surface area contributed by atoms with Crippen molar-refractivity contribution in [3.8, 4) is 0 Å². The first-order valence-electron chi connectivity index (χ1n) is 3.40. The van der Waals surface area contributed by atoms with E-state index in [0.717, 1.165) is 4.72 Å². The third-order valence-corrected chi connectivity index (χ3v) is 2.30. The molecule has 0 aliphatic heterocycles. The minimum atomic E-state index is -5.12. The van der Waals surface area contributed by atoms with Crippen molar-refractivity contribution in [2.75, 3.05) is 0 Å². The maximum Gasteiger partial charge on any atom is 0.350 e. The molecule has 15 heavy (non-hydrogen) atoms. The second-order valence-corrected chi connectivity index (χ2v) is 4.09. The molecule has 0 heterocycles. The van der Waals surface area contributed by atoms with Crippen LogP contribution in [0.1, 0.15) is 6.42 Å². The van der Waals surface area contributed by atoms with E-state index in [2.05, 4.69) is 0 Å². The molecule has 0 aromatic heterocycles. The first-order valence-corrected chi connectivity index (χ1v) is 4.95. The quantitative estimate of drug-likeness (QED) is 0.556. The highest BCUT2D eigenvalue weighted by Crippen LogP contribution is 2.05. The lowest BCUT2D eigenvalue weighted by molar-refractivity contribution is -0.145. The predicted octanol–water partition coefficient (Wildman–Crippen LogP) is -0.944. The van der Waals surface area contributed by atoms with Crippen LogP contribution in [-0.2, 0) is 19.6 Å². The Bertz CT molecular complexity index is 353. The van der Waals surface area contributed by atoms with Crippen molar-refractivity contribution in [2.24, 2.45) is 0 Å². The highest BCUT2D eigenvalue weighted by Gasteiger charge is 2.31. The molecule has 88 valence electrons. The summed E-state index contributed by atoms with van der Waals surface area (Å²) in [5, 5.41) is 16.5. The van der Waals surface area contributed by atoms with Gasteiger partial charge in [0.2, 0.25) is 0 Å². The van der Waals surface area contributed by atoms with E-state index in [9.17, 15) is 26.8 Å². The lowest BCUT2D eigenvalue weighted by Crippen LogP contribution is -2.44. The number of halogens is 2. The zero-order valence-electron chi connectivity index (χ0n) is 7.05. The normalized spacial score (nSPS) is 13.8. The Labute approximate surface area is 82.8 Å². The smallest absolute Gasteiger partial charge is 0.350 e. The molecule has 0 bridgehead atoms. The molecule has 0 aliphatic rings. The SMILES string of the molecule is O=C(O)C[C@H](NS(=O)(=O)C(F)F)C(=O)O. The lowest BCUT2D eigenvalue weighted by Gasteiger charge is -2.11. The van der Waals surface area contributed by atoms with Crippen molar-refractivity contribution >= 4 is 22.0 Å². The number of aliphatic carboxylic acids is 2. The number of carbonyl (C=O) groups is 2. The Morgan fingerprint density at radius 3 is 2.00 bits per heavy atom. The molecule has 0 saturated carbocycles. The van der Waals surface area contributed by atoms with Crippen LogP contribution in [0.25, 0.3) is 0 Å². The van der Waals surface area contributed by atoms with E-state index >= 15 is 0 Å². The van der Waals surface area contributed by atoms with Crippen LogP contribution in [0.5, 0.6) is 0 Å². The Morgan fingerprint density at radius 1 is 1.27 bits per heavy atom. The number of carboxylic acids is 2. The van der Waals surface area contributed by atoms with Crippen LogP contribution >= 0.6 is 0 Å². The van der Waals surface area contributed by atoms with Gasteiger partial charge >= 0.3 is 17.7 Å². The minimum Gasteiger partial charge on any atom is -0.481 e. The van der Waals surface area contributed by atoms with Gasteiger partial charge in [-0.15, -0.1) is 0 Å². The number of hydrogen-bond donors (Lipinski definition) is 3.